The van der Waals surface area contributed by atoms with Gasteiger partial charge in [0.25, 0.3) is 0 Å². The Kier molecular flexibility index (Phi) is 4.60. The number of thiocarbonyl (C=S) groups is 1. The Balaban J connectivity index is 2.30. The summed E-state index contributed by atoms with van der Waals surface area (Å²) in [5, 5.41) is 13.7. The predicted molar refractivity (Wildman–Crippen MR) is 80.2 cm³/mol. The maximum atomic E-state index is 14.2. The van der Waals surface area contributed by atoms with E-state index in [1.165, 1.54) is 0 Å². The Bertz CT molecular complexity index is 566. The third-order valence-electron chi connectivity index (χ3n) is 4.66. The number of nitrogens with zero attached hydrogens (tertiary/aromatic N) is 1. The van der Waals surface area contributed by atoms with Crippen LogP contribution in [0.2, 0.25) is 0 Å². The minimum atomic E-state index is -2.23. The average molecular weight is 334 g/mol. The van der Waals surface area contributed by atoms with Crippen molar-refractivity contribution in [2.45, 2.75) is 43.8 Å². The van der Waals surface area contributed by atoms with Crippen molar-refractivity contribution in [3.8, 4) is 0 Å². The van der Waals surface area contributed by atoms with E-state index in [4.69, 9.17) is 12.2 Å². The molecule has 2 rings (SSSR count). The van der Waals surface area contributed by atoms with Crippen LogP contribution in [0.1, 0.15) is 32.6 Å². The highest BCUT2D eigenvalue weighted by Crippen LogP contribution is 2.44. The lowest BCUT2D eigenvalue weighted by Crippen LogP contribution is -2.63. The number of halogens is 3. The highest BCUT2D eigenvalue weighted by atomic mass is 32.1. The minimum absolute atomic E-state index is 0.102. The van der Waals surface area contributed by atoms with Gasteiger partial charge in [0.2, 0.25) is 5.70 Å². The van der Waals surface area contributed by atoms with Crippen LogP contribution in [0.25, 0.3) is 0 Å². The van der Waals surface area contributed by atoms with E-state index in [0.29, 0.717) is 6.42 Å². The second kappa shape index (κ2) is 5.98. The van der Waals surface area contributed by atoms with E-state index in [1.54, 1.807) is 6.92 Å². The van der Waals surface area contributed by atoms with E-state index in [0.717, 1.165) is 12.2 Å². The third-order valence-corrected chi connectivity index (χ3v) is 5.13. The Morgan fingerprint density at radius 3 is 2.68 bits per heavy atom. The summed E-state index contributed by atoms with van der Waals surface area (Å²) in [6.45, 7) is 0.537. The van der Waals surface area contributed by atoms with Crippen LogP contribution in [0.5, 0.6) is 0 Å². The molecule has 2 aliphatic rings. The molecule has 0 saturated carbocycles. The molecule has 1 heterocycles. The largest absolute Gasteiger partial charge is 0.371 e. The van der Waals surface area contributed by atoms with E-state index in [2.05, 4.69) is 5.32 Å². The fraction of sp³-hybridized carbons (Fsp3) is 0.643. The number of hydrogen-bond acceptors (Lipinski definition) is 3. The third kappa shape index (κ3) is 2.76. The number of piperidine rings is 1. The van der Waals surface area contributed by atoms with Crippen molar-refractivity contribution in [3.63, 3.8) is 0 Å². The molecule has 1 saturated heterocycles. The van der Waals surface area contributed by atoms with Crippen LogP contribution >= 0.6 is 12.2 Å². The lowest BCUT2D eigenvalue weighted by atomic mass is 9.70. The van der Waals surface area contributed by atoms with E-state index < -0.39 is 34.6 Å². The van der Waals surface area contributed by atoms with Gasteiger partial charge in [-0.15, -0.1) is 0 Å². The Hall–Kier alpha value is -1.44. The average Bonchev–Trinajstić information content (AvgIpc) is 2.50. The van der Waals surface area contributed by atoms with Gasteiger partial charge < -0.3 is 5.32 Å². The first-order valence-corrected chi connectivity index (χ1v) is 7.47. The van der Waals surface area contributed by atoms with E-state index >= 15 is 0 Å². The molecule has 22 heavy (non-hydrogen) atoms. The molecule has 0 amide bonds. The summed E-state index contributed by atoms with van der Waals surface area (Å²) in [5.74, 6) is -1.32. The maximum Gasteiger partial charge on any atom is 0.247 e. The van der Waals surface area contributed by atoms with Gasteiger partial charge in [-0.05, 0) is 25.3 Å². The van der Waals surface area contributed by atoms with Gasteiger partial charge in [-0.2, -0.15) is 0 Å². The standard InChI is InChI=1S/C14H17F3N2O2S/c1-2-14(6-5-13(17,8-15)12(22)18-14)10-7-9(19(20)21)3-4-11(10)16/h3-4,10H,2,5-8H2,1H3,(H,18,22)/t10?,13-,14+/m1/s1. The molecule has 8 heteroatoms. The van der Waals surface area contributed by atoms with Gasteiger partial charge >= 0.3 is 0 Å². The van der Waals surface area contributed by atoms with Crippen molar-refractivity contribution in [2.75, 3.05) is 6.67 Å². The van der Waals surface area contributed by atoms with Gasteiger partial charge in [-0.3, -0.25) is 10.1 Å². The Morgan fingerprint density at radius 1 is 1.50 bits per heavy atom. The summed E-state index contributed by atoms with van der Waals surface area (Å²) < 4.78 is 41.4. The molecule has 0 aromatic heterocycles. The molecule has 1 aliphatic heterocycles. The van der Waals surface area contributed by atoms with Crippen molar-refractivity contribution in [3.05, 3.63) is 33.8 Å². The van der Waals surface area contributed by atoms with E-state index in [-0.39, 0.29) is 29.9 Å². The summed E-state index contributed by atoms with van der Waals surface area (Å²) in [4.78, 5) is 10.1. The van der Waals surface area contributed by atoms with Crippen molar-refractivity contribution >= 4 is 17.2 Å². The number of rotatable bonds is 4. The van der Waals surface area contributed by atoms with Crippen LogP contribution in [-0.2, 0) is 0 Å². The molecule has 1 fully saturated rings. The second-order valence-corrected chi connectivity index (χ2v) is 6.19. The molecule has 1 aliphatic carbocycles. The molecule has 1 unspecified atom stereocenters. The number of hydrogen-bond donors (Lipinski definition) is 1. The maximum absolute atomic E-state index is 14.2. The lowest BCUT2D eigenvalue weighted by Gasteiger charge is -2.47. The molecular formula is C14H17F3N2O2S. The molecule has 122 valence electrons. The van der Waals surface area contributed by atoms with Gasteiger partial charge in [-0.25, -0.2) is 13.2 Å². The molecule has 4 nitrogen and oxygen atoms in total. The highest BCUT2D eigenvalue weighted by molar-refractivity contribution is 7.80. The van der Waals surface area contributed by atoms with Gasteiger partial charge in [-0.1, -0.05) is 19.1 Å². The molecule has 3 atom stereocenters. The number of alkyl halides is 2. The van der Waals surface area contributed by atoms with Crippen LogP contribution in [-0.4, -0.2) is 27.8 Å². The fourth-order valence-corrected chi connectivity index (χ4v) is 3.46. The van der Waals surface area contributed by atoms with Crippen molar-refractivity contribution in [2.24, 2.45) is 5.92 Å². The summed E-state index contributed by atoms with van der Waals surface area (Å²) >= 11 is 4.93. The minimum Gasteiger partial charge on any atom is -0.371 e. The van der Waals surface area contributed by atoms with Crippen molar-refractivity contribution < 1.29 is 18.1 Å². The smallest absolute Gasteiger partial charge is 0.247 e. The topological polar surface area (TPSA) is 55.2 Å². The lowest BCUT2D eigenvalue weighted by molar-refractivity contribution is -0.429. The van der Waals surface area contributed by atoms with Gasteiger partial charge in [0.15, 0.2) is 5.67 Å². The van der Waals surface area contributed by atoms with Crippen LogP contribution < -0.4 is 5.32 Å². The Labute approximate surface area is 131 Å². The first kappa shape index (κ1) is 16.9. The van der Waals surface area contributed by atoms with Gasteiger partial charge in [0.1, 0.15) is 17.5 Å². The summed E-state index contributed by atoms with van der Waals surface area (Å²) in [6.07, 6.45) is 2.49. The van der Waals surface area contributed by atoms with Crippen LogP contribution in [0, 0.1) is 16.0 Å². The molecule has 0 aromatic carbocycles. The quantitative estimate of drug-likeness (QED) is 0.485. The summed E-state index contributed by atoms with van der Waals surface area (Å²) in [7, 11) is 0. The number of nitrogens with one attached hydrogen (secondary N) is 1. The number of nitro groups is 1. The zero-order chi connectivity index (χ0) is 16.5. The van der Waals surface area contributed by atoms with Crippen LogP contribution in [0.3, 0.4) is 0 Å². The van der Waals surface area contributed by atoms with Crippen molar-refractivity contribution in [1.82, 2.24) is 5.32 Å². The van der Waals surface area contributed by atoms with Gasteiger partial charge in [0.05, 0.1) is 4.92 Å². The number of allylic oxidation sites excluding steroid dienone is 3. The SMILES string of the molecule is CC[C@@]1(C2CC([N+](=O)[O-])=CC=C2F)CC[C@@](F)(CF)C(=S)N1. The highest BCUT2D eigenvalue weighted by Gasteiger charge is 2.51. The summed E-state index contributed by atoms with van der Waals surface area (Å²) in [6, 6.07) is 0. The molecule has 1 N–H and O–H groups in total. The van der Waals surface area contributed by atoms with Crippen LogP contribution in [0.4, 0.5) is 13.2 Å². The molecule has 0 bridgehead atoms. The van der Waals surface area contributed by atoms with Gasteiger partial charge in [0, 0.05) is 24.0 Å². The van der Waals surface area contributed by atoms with E-state index in [1.807, 2.05) is 0 Å². The second-order valence-electron chi connectivity index (χ2n) is 5.79. The zero-order valence-corrected chi connectivity index (χ0v) is 12.9. The monoisotopic (exact) mass is 334 g/mol. The molecule has 0 spiro atoms. The zero-order valence-electron chi connectivity index (χ0n) is 12.1. The first-order valence-electron chi connectivity index (χ1n) is 7.06. The predicted octanol–water partition coefficient (Wildman–Crippen LogP) is 3.56. The van der Waals surface area contributed by atoms with Crippen LogP contribution in [0.15, 0.2) is 23.7 Å². The fourth-order valence-electron chi connectivity index (χ4n) is 3.10. The van der Waals surface area contributed by atoms with E-state index in [9.17, 15) is 23.3 Å². The van der Waals surface area contributed by atoms with Crippen molar-refractivity contribution in [1.29, 1.82) is 0 Å². The summed E-state index contributed by atoms with van der Waals surface area (Å²) in [5.41, 5.74) is -3.27. The molecule has 0 aromatic rings. The Morgan fingerprint density at radius 2 is 2.18 bits per heavy atom. The molecular weight excluding hydrogens is 317 g/mol. The first-order chi connectivity index (χ1) is 10.3. The molecule has 0 radical (unpaired) electrons. The normalized spacial score (nSPS) is 35.5.